The Bertz CT molecular complexity index is 691. The van der Waals surface area contributed by atoms with Crippen molar-refractivity contribution in [2.24, 2.45) is 11.7 Å². The largest absolute Gasteiger partial charge is 0.504 e. The lowest BCUT2D eigenvalue weighted by Gasteiger charge is -2.24. The molecule has 4 N–H and O–H groups in total. The summed E-state index contributed by atoms with van der Waals surface area (Å²) in [7, 11) is 1.41. The van der Waals surface area contributed by atoms with Gasteiger partial charge in [0.25, 0.3) is 5.91 Å². The second-order valence-corrected chi connectivity index (χ2v) is 5.32. The summed E-state index contributed by atoms with van der Waals surface area (Å²) >= 11 is 0. The second-order valence-electron chi connectivity index (χ2n) is 5.32. The molecule has 2 heterocycles. The van der Waals surface area contributed by atoms with Crippen LogP contribution in [0.25, 0.3) is 0 Å². The number of hydrogen-bond acceptors (Lipinski definition) is 7. The van der Waals surface area contributed by atoms with Gasteiger partial charge in [0.1, 0.15) is 6.54 Å². The molecule has 0 aromatic heterocycles. The smallest absolute Gasteiger partial charge is 0.258 e. The molecule has 2 fully saturated rings. The van der Waals surface area contributed by atoms with Crippen LogP contribution in [0, 0.1) is 5.92 Å². The van der Waals surface area contributed by atoms with Crippen molar-refractivity contribution in [2.45, 2.75) is 12.1 Å². The lowest BCUT2D eigenvalue weighted by atomic mass is 9.90. The molecule has 2 aliphatic rings. The number of phenolic OH excluding ortho intramolecular Hbond substituents is 1. The number of imide groups is 1. The van der Waals surface area contributed by atoms with Crippen molar-refractivity contribution >= 4 is 17.7 Å². The fraction of sp³-hybridized carbons (Fsp3) is 0.357. The van der Waals surface area contributed by atoms with Crippen LogP contribution in [0.15, 0.2) is 18.2 Å². The Morgan fingerprint density at radius 1 is 1.43 bits per heavy atom. The van der Waals surface area contributed by atoms with E-state index in [1.807, 2.05) is 0 Å². The number of nitrogens with zero attached hydrogens (tertiary/aromatic N) is 1. The molecule has 9 heteroatoms. The summed E-state index contributed by atoms with van der Waals surface area (Å²) in [4.78, 5) is 40.5. The zero-order chi connectivity index (χ0) is 16.7. The fourth-order valence-corrected chi connectivity index (χ4v) is 2.94. The number of benzene rings is 1. The molecule has 2 saturated heterocycles. The lowest BCUT2D eigenvalue weighted by Crippen LogP contribution is -2.37. The van der Waals surface area contributed by atoms with Crippen LogP contribution in [-0.2, 0) is 19.2 Å². The van der Waals surface area contributed by atoms with Crippen LogP contribution in [0.5, 0.6) is 11.5 Å². The fourth-order valence-electron chi connectivity index (χ4n) is 2.94. The Morgan fingerprint density at radius 2 is 2.17 bits per heavy atom. The number of hydrogen-bond donors (Lipinski definition) is 3. The molecule has 1 aromatic rings. The molecule has 0 saturated carbocycles. The van der Waals surface area contributed by atoms with E-state index >= 15 is 0 Å². The molecule has 3 amide bonds. The quantitative estimate of drug-likeness (QED) is 0.595. The highest BCUT2D eigenvalue weighted by Gasteiger charge is 2.56. The number of nitrogens with one attached hydrogen (secondary N) is 1. The Kier molecular flexibility index (Phi) is 3.66. The Hall–Kier alpha value is -2.65. The highest BCUT2D eigenvalue weighted by atomic mass is 16.7. The highest BCUT2D eigenvalue weighted by Crippen LogP contribution is 2.43. The van der Waals surface area contributed by atoms with E-state index in [2.05, 4.69) is 5.32 Å². The van der Waals surface area contributed by atoms with Gasteiger partial charge in [0.05, 0.1) is 19.1 Å². The zero-order valence-corrected chi connectivity index (χ0v) is 12.2. The van der Waals surface area contributed by atoms with Crippen molar-refractivity contribution < 1.29 is 29.1 Å². The SMILES string of the molecule is COc1ccc(C2C3C(=O)NC(=O)C3ON2CC(N)=O)cc1O. The van der Waals surface area contributed by atoms with Crippen molar-refractivity contribution in [1.29, 1.82) is 0 Å². The number of aromatic hydroxyl groups is 1. The van der Waals surface area contributed by atoms with Crippen LogP contribution in [0.3, 0.4) is 0 Å². The topological polar surface area (TPSA) is 131 Å². The number of ether oxygens (including phenoxy) is 1. The molecule has 9 nitrogen and oxygen atoms in total. The van der Waals surface area contributed by atoms with E-state index in [9.17, 15) is 19.5 Å². The second kappa shape index (κ2) is 5.52. The van der Waals surface area contributed by atoms with E-state index in [1.54, 1.807) is 6.07 Å². The number of hydroxylamine groups is 2. The third-order valence-electron chi connectivity index (χ3n) is 3.89. The molecule has 2 aliphatic heterocycles. The van der Waals surface area contributed by atoms with E-state index < -0.39 is 35.8 Å². The summed E-state index contributed by atoms with van der Waals surface area (Å²) in [6.07, 6.45) is -1.02. The Balaban J connectivity index is 2.01. The summed E-state index contributed by atoms with van der Waals surface area (Å²) in [6, 6.07) is 3.82. The average Bonchev–Trinajstić information content (AvgIpc) is 2.97. The van der Waals surface area contributed by atoms with Gasteiger partial charge < -0.3 is 15.6 Å². The van der Waals surface area contributed by atoms with Gasteiger partial charge in [0.2, 0.25) is 11.8 Å². The Labute approximate surface area is 130 Å². The van der Waals surface area contributed by atoms with Crippen molar-refractivity contribution in [2.75, 3.05) is 13.7 Å². The van der Waals surface area contributed by atoms with Crippen molar-refractivity contribution in [3.63, 3.8) is 0 Å². The first-order valence-electron chi connectivity index (χ1n) is 6.85. The number of amides is 3. The number of nitrogens with two attached hydrogens (primary N) is 1. The first kappa shape index (κ1) is 15.3. The molecule has 3 unspecified atom stereocenters. The third-order valence-corrected chi connectivity index (χ3v) is 3.89. The number of carbonyl (C=O) groups is 3. The van der Waals surface area contributed by atoms with Crippen LogP contribution in [-0.4, -0.2) is 47.6 Å². The first-order chi connectivity index (χ1) is 10.9. The van der Waals surface area contributed by atoms with Gasteiger partial charge in [-0.25, -0.2) is 0 Å². The van der Waals surface area contributed by atoms with Crippen LogP contribution in [0.4, 0.5) is 0 Å². The summed E-state index contributed by atoms with van der Waals surface area (Å²) in [5.74, 6) is -2.41. The molecule has 1 aromatic carbocycles. The number of rotatable bonds is 4. The molecule has 23 heavy (non-hydrogen) atoms. The van der Waals surface area contributed by atoms with Crippen molar-refractivity contribution in [3.8, 4) is 11.5 Å². The van der Waals surface area contributed by atoms with Crippen LogP contribution in [0.1, 0.15) is 11.6 Å². The maximum Gasteiger partial charge on any atom is 0.258 e. The molecular formula is C14H15N3O6. The minimum absolute atomic E-state index is 0.128. The van der Waals surface area contributed by atoms with Gasteiger partial charge in [-0.2, -0.15) is 5.06 Å². The minimum Gasteiger partial charge on any atom is -0.504 e. The molecule has 3 atom stereocenters. The lowest BCUT2D eigenvalue weighted by molar-refractivity contribution is -0.176. The standard InChI is InChI=1S/C14H15N3O6/c1-22-8-3-2-6(4-7(8)18)11-10-12(14(21)16-13(10)20)23-17(11)5-9(15)19/h2-4,10-12,18H,5H2,1H3,(H2,15,19)(H,16,20,21). The summed E-state index contributed by atoms with van der Waals surface area (Å²) < 4.78 is 4.98. The molecule has 0 spiro atoms. The van der Waals surface area contributed by atoms with Gasteiger partial charge in [-0.05, 0) is 17.7 Å². The minimum atomic E-state index is -1.02. The van der Waals surface area contributed by atoms with E-state index in [4.69, 9.17) is 15.3 Å². The van der Waals surface area contributed by atoms with Crippen LogP contribution < -0.4 is 15.8 Å². The normalized spacial score (nSPS) is 26.9. The number of fused-ring (bicyclic) bond motifs is 1. The maximum atomic E-state index is 12.0. The molecule has 122 valence electrons. The predicted molar refractivity (Wildman–Crippen MR) is 74.8 cm³/mol. The summed E-state index contributed by atoms with van der Waals surface area (Å²) in [6.45, 7) is -0.287. The molecular weight excluding hydrogens is 306 g/mol. The number of methoxy groups -OCH3 is 1. The van der Waals surface area contributed by atoms with Gasteiger partial charge in [0, 0.05) is 0 Å². The van der Waals surface area contributed by atoms with Crippen molar-refractivity contribution in [1.82, 2.24) is 10.4 Å². The van der Waals surface area contributed by atoms with E-state index in [0.717, 1.165) is 0 Å². The molecule has 0 aliphatic carbocycles. The number of carbonyl (C=O) groups excluding carboxylic acids is 3. The average molecular weight is 321 g/mol. The monoisotopic (exact) mass is 321 g/mol. The third kappa shape index (κ3) is 2.49. The number of phenols is 1. The summed E-state index contributed by atoms with van der Waals surface area (Å²) in [5.41, 5.74) is 5.69. The van der Waals surface area contributed by atoms with Gasteiger partial charge in [-0.3, -0.25) is 24.5 Å². The van der Waals surface area contributed by atoms with E-state index in [0.29, 0.717) is 5.56 Å². The maximum absolute atomic E-state index is 12.0. The van der Waals surface area contributed by atoms with Gasteiger partial charge in [-0.15, -0.1) is 0 Å². The number of primary amides is 1. The molecule has 0 bridgehead atoms. The van der Waals surface area contributed by atoms with E-state index in [1.165, 1.54) is 24.3 Å². The Morgan fingerprint density at radius 3 is 2.78 bits per heavy atom. The van der Waals surface area contributed by atoms with Crippen LogP contribution in [0.2, 0.25) is 0 Å². The van der Waals surface area contributed by atoms with E-state index in [-0.39, 0.29) is 18.0 Å². The van der Waals surface area contributed by atoms with Crippen LogP contribution >= 0.6 is 0 Å². The van der Waals surface area contributed by atoms with Gasteiger partial charge >= 0.3 is 0 Å². The van der Waals surface area contributed by atoms with Gasteiger partial charge in [-0.1, -0.05) is 6.07 Å². The summed E-state index contributed by atoms with van der Waals surface area (Å²) in [5, 5.41) is 13.3. The molecule has 3 rings (SSSR count). The first-order valence-corrected chi connectivity index (χ1v) is 6.85. The van der Waals surface area contributed by atoms with Crippen molar-refractivity contribution in [3.05, 3.63) is 23.8 Å². The molecule has 0 radical (unpaired) electrons. The predicted octanol–water partition coefficient (Wildman–Crippen LogP) is -1.18. The zero-order valence-electron chi connectivity index (χ0n) is 12.2. The highest BCUT2D eigenvalue weighted by molar-refractivity contribution is 6.07. The van der Waals surface area contributed by atoms with Gasteiger partial charge in [0.15, 0.2) is 17.6 Å².